The molecule has 2 aromatic rings. The highest BCUT2D eigenvalue weighted by Crippen LogP contribution is 2.27. The summed E-state index contributed by atoms with van der Waals surface area (Å²) in [6.07, 6.45) is -4.52. The average Bonchev–Trinajstić information content (AvgIpc) is 2.67. The van der Waals surface area contributed by atoms with Crippen LogP contribution in [0, 0.1) is 0 Å². The van der Waals surface area contributed by atoms with Gasteiger partial charge in [0.1, 0.15) is 5.75 Å². The van der Waals surface area contributed by atoms with E-state index >= 15 is 0 Å². The summed E-state index contributed by atoms with van der Waals surface area (Å²) >= 11 is 0. The van der Waals surface area contributed by atoms with Crippen molar-refractivity contribution in [3.63, 3.8) is 0 Å². The number of alkyl halides is 3. The van der Waals surface area contributed by atoms with Crippen LogP contribution in [0.4, 0.5) is 18.9 Å². The molecular formula is C19H21F3N2O4S. The normalized spacial score (nSPS) is 12.1. The SMILES string of the molecule is CCN(CC)S(=O)(=O)c1cccc(C(=O)Nc2ccccc2OCC(F)(F)F)c1. The second-order valence-corrected chi connectivity index (χ2v) is 7.91. The second-order valence-electron chi connectivity index (χ2n) is 5.97. The maximum Gasteiger partial charge on any atom is 0.422 e. The van der Waals surface area contributed by atoms with Gasteiger partial charge < -0.3 is 10.1 Å². The van der Waals surface area contributed by atoms with Gasteiger partial charge in [0, 0.05) is 18.7 Å². The van der Waals surface area contributed by atoms with E-state index in [1.54, 1.807) is 13.8 Å². The largest absolute Gasteiger partial charge is 0.482 e. The molecule has 2 rings (SSSR count). The van der Waals surface area contributed by atoms with Crippen LogP contribution < -0.4 is 10.1 Å². The Bertz CT molecular complexity index is 958. The van der Waals surface area contributed by atoms with Gasteiger partial charge in [0.05, 0.1) is 10.6 Å². The molecule has 0 aromatic heterocycles. The molecule has 29 heavy (non-hydrogen) atoms. The van der Waals surface area contributed by atoms with Gasteiger partial charge in [0.25, 0.3) is 5.91 Å². The predicted octanol–water partition coefficient (Wildman–Crippen LogP) is 3.91. The molecule has 0 bridgehead atoms. The highest BCUT2D eigenvalue weighted by molar-refractivity contribution is 7.89. The summed E-state index contributed by atoms with van der Waals surface area (Å²) in [5, 5.41) is 2.46. The molecule has 0 unspecified atom stereocenters. The Labute approximate surface area is 167 Å². The number of hydrogen-bond acceptors (Lipinski definition) is 4. The molecular weight excluding hydrogens is 409 g/mol. The molecule has 0 heterocycles. The molecule has 158 valence electrons. The van der Waals surface area contributed by atoms with E-state index < -0.39 is 28.7 Å². The van der Waals surface area contributed by atoms with E-state index in [2.05, 4.69) is 5.32 Å². The van der Waals surface area contributed by atoms with Crippen LogP contribution in [0.1, 0.15) is 24.2 Å². The third kappa shape index (κ3) is 5.94. The van der Waals surface area contributed by atoms with Crippen molar-refractivity contribution in [3.05, 3.63) is 54.1 Å². The lowest BCUT2D eigenvalue weighted by atomic mass is 10.2. The number of anilines is 1. The van der Waals surface area contributed by atoms with Gasteiger partial charge in [-0.15, -0.1) is 0 Å². The third-order valence-electron chi connectivity index (χ3n) is 3.97. The predicted molar refractivity (Wildman–Crippen MR) is 102 cm³/mol. The Kier molecular flexibility index (Phi) is 7.26. The number of nitrogens with zero attached hydrogens (tertiary/aromatic N) is 1. The summed E-state index contributed by atoms with van der Waals surface area (Å²) in [6.45, 7) is 2.46. The zero-order valence-electron chi connectivity index (χ0n) is 15.9. The van der Waals surface area contributed by atoms with Gasteiger partial charge in [-0.3, -0.25) is 4.79 Å². The lowest BCUT2D eigenvalue weighted by Gasteiger charge is -2.19. The fourth-order valence-electron chi connectivity index (χ4n) is 2.56. The second kappa shape index (κ2) is 9.27. The van der Waals surface area contributed by atoms with E-state index in [0.29, 0.717) is 0 Å². The number of para-hydroxylation sites is 2. The van der Waals surface area contributed by atoms with Crippen molar-refractivity contribution in [2.24, 2.45) is 0 Å². The van der Waals surface area contributed by atoms with Crippen molar-refractivity contribution in [1.82, 2.24) is 4.31 Å². The van der Waals surface area contributed by atoms with E-state index in [4.69, 9.17) is 4.74 Å². The summed E-state index contributed by atoms with van der Waals surface area (Å²) < 4.78 is 68.5. The number of carbonyl (C=O) groups excluding carboxylic acids is 1. The van der Waals surface area contributed by atoms with Gasteiger partial charge in [-0.05, 0) is 30.3 Å². The van der Waals surface area contributed by atoms with Gasteiger partial charge >= 0.3 is 6.18 Å². The van der Waals surface area contributed by atoms with E-state index in [1.807, 2.05) is 0 Å². The van der Waals surface area contributed by atoms with E-state index in [9.17, 15) is 26.4 Å². The van der Waals surface area contributed by atoms with Crippen molar-refractivity contribution in [3.8, 4) is 5.75 Å². The Balaban J connectivity index is 2.25. The van der Waals surface area contributed by atoms with Gasteiger partial charge in [-0.25, -0.2) is 8.42 Å². The van der Waals surface area contributed by atoms with Crippen molar-refractivity contribution >= 4 is 21.6 Å². The van der Waals surface area contributed by atoms with E-state index in [1.165, 1.54) is 52.8 Å². The average molecular weight is 430 g/mol. The molecule has 10 heteroatoms. The van der Waals surface area contributed by atoms with Crippen LogP contribution in [-0.4, -0.2) is 44.5 Å². The van der Waals surface area contributed by atoms with Crippen LogP contribution >= 0.6 is 0 Å². The molecule has 1 N–H and O–H groups in total. The highest BCUT2D eigenvalue weighted by atomic mass is 32.2. The van der Waals surface area contributed by atoms with Gasteiger partial charge in [0.2, 0.25) is 10.0 Å². The first-order valence-electron chi connectivity index (χ1n) is 8.78. The fourth-order valence-corrected chi connectivity index (χ4v) is 4.06. The fraction of sp³-hybridized carbons (Fsp3) is 0.316. The number of sulfonamides is 1. The van der Waals surface area contributed by atoms with Crippen molar-refractivity contribution in [1.29, 1.82) is 0 Å². The molecule has 1 amide bonds. The number of rotatable bonds is 8. The standard InChI is InChI=1S/C19H21F3N2O4S/c1-3-24(4-2)29(26,27)15-9-7-8-14(12-15)18(25)23-16-10-5-6-11-17(16)28-13-19(20,21)22/h5-12H,3-4,13H2,1-2H3,(H,23,25). The number of amides is 1. The summed E-state index contributed by atoms with van der Waals surface area (Å²) in [5.74, 6) is -0.824. The van der Waals surface area contributed by atoms with Crippen LogP contribution in [0.3, 0.4) is 0 Å². The molecule has 0 aliphatic heterocycles. The highest BCUT2D eigenvalue weighted by Gasteiger charge is 2.29. The summed E-state index contributed by atoms with van der Waals surface area (Å²) in [4.78, 5) is 12.5. The minimum atomic E-state index is -4.52. The van der Waals surface area contributed by atoms with Gasteiger partial charge in [-0.2, -0.15) is 17.5 Å². The zero-order chi connectivity index (χ0) is 21.7. The molecule has 0 aliphatic carbocycles. The molecule has 0 fully saturated rings. The Hall–Kier alpha value is -2.59. The molecule has 0 saturated carbocycles. The lowest BCUT2D eigenvalue weighted by Crippen LogP contribution is -2.30. The first kappa shape index (κ1) is 22.7. The Morgan fingerprint density at radius 3 is 2.34 bits per heavy atom. The van der Waals surface area contributed by atoms with Crippen LogP contribution in [0.15, 0.2) is 53.4 Å². The van der Waals surface area contributed by atoms with Crippen molar-refractivity contribution < 1.29 is 31.1 Å². The van der Waals surface area contributed by atoms with E-state index in [0.717, 1.165) is 0 Å². The first-order chi connectivity index (χ1) is 13.6. The monoisotopic (exact) mass is 430 g/mol. The molecule has 6 nitrogen and oxygen atoms in total. The number of hydrogen-bond donors (Lipinski definition) is 1. The number of nitrogens with one attached hydrogen (secondary N) is 1. The number of benzene rings is 2. The van der Waals surface area contributed by atoms with Gasteiger partial charge in [0.15, 0.2) is 6.61 Å². The summed E-state index contributed by atoms with van der Waals surface area (Å²) in [7, 11) is -3.76. The summed E-state index contributed by atoms with van der Waals surface area (Å²) in [6, 6.07) is 11.1. The maximum atomic E-state index is 12.6. The third-order valence-corrected chi connectivity index (χ3v) is 6.01. The Morgan fingerprint density at radius 2 is 1.72 bits per heavy atom. The maximum absolute atomic E-state index is 12.6. The quantitative estimate of drug-likeness (QED) is 0.689. The van der Waals surface area contributed by atoms with Gasteiger partial charge in [-0.1, -0.05) is 32.0 Å². The number of carbonyl (C=O) groups is 1. The van der Waals surface area contributed by atoms with Crippen LogP contribution in [0.25, 0.3) is 0 Å². The number of halogens is 3. The molecule has 2 aromatic carbocycles. The molecule has 0 saturated heterocycles. The first-order valence-corrected chi connectivity index (χ1v) is 10.2. The minimum Gasteiger partial charge on any atom is -0.482 e. The minimum absolute atomic E-state index is 0.0405. The zero-order valence-corrected chi connectivity index (χ0v) is 16.7. The van der Waals surface area contributed by atoms with E-state index in [-0.39, 0.29) is 35.0 Å². The molecule has 0 aliphatic rings. The summed E-state index contributed by atoms with van der Waals surface area (Å²) in [5.41, 5.74) is 0.0857. The topological polar surface area (TPSA) is 75.7 Å². The number of ether oxygens (including phenoxy) is 1. The van der Waals surface area contributed by atoms with Crippen LogP contribution in [0.2, 0.25) is 0 Å². The van der Waals surface area contributed by atoms with Crippen LogP contribution in [-0.2, 0) is 10.0 Å². The smallest absolute Gasteiger partial charge is 0.422 e. The van der Waals surface area contributed by atoms with Crippen molar-refractivity contribution in [2.45, 2.75) is 24.9 Å². The van der Waals surface area contributed by atoms with Crippen LogP contribution in [0.5, 0.6) is 5.75 Å². The Morgan fingerprint density at radius 1 is 1.07 bits per heavy atom. The molecule has 0 radical (unpaired) electrons. The molecule has 0 atom stereocenters. The van der Waals surface area contributed by atoms with Crippen molar-refractivity contribution in [2.75, 3.05) is 25.0 Å². The molecule has 0 spiro atoms. The lowest BCUT2D eigenvalue weighted by molar-refractivity contribution is -0.153.